The molecule has 3 rings (SSSR count). The lowest BCUT2D eigenvalue weighted by Crippen LogP contribution is -2.54. The molecule has 0 radical (unpaired) electrons. The quantitative estimate of drug-likeness (QED) is 0.877. The minimum atomic E-state index is -0.872. The van der Waals surface area contributed by atoms with Gasteiger partial charge in [0.25, 0.3) is 0 Å². The number of rotatable bonds is 2. The van der Waals surface area contributed by atoms with E-state index in [-0.39, 0.29) is 18.1 Å². The molecule has 1 aromatic carbocycles. The fourth-order valence-electron chi connectivity index (χ4n) is 3.42. The summed E-state index contributed by atoms with van der Waals surface area (Å²) in [6.07, 6.45) is 2.57. The minimum absolute atomic E-state index is 0.0227. The molecular formula is C17H24N2O3. The summed E-state index contributed by atoms with van der Waals surface area (Å²) in [5.74, 6) is 0.906. The van der Waals surface area contributed by atoms with Crippen LogP contribution in [0.15, 0.2) is 24.3 Å². The second kappa shape index (κ2) is 5.80. The fourth-order valence-corrected chi connectivity index (χ4v) is 3.42. The van der Waals surface area contributed by atoms with Crippen molar-refractivity contribution in [3.8, 4) is 5.75 Å². The lowest BCUT2D eigenvalue weighted by molar-refractivity contribution is 0.00917. The van der Waals surface area contributed by atoms with E-state index in [4.69, 9.17) is 4.74 Å². The lowest BCUT2D eigenvalue weighted by atomic mass is 9.97. The smallest absolute Gasteiger partial charge is 0.318 e. The highest BCUT2D eigenvalue weighted by atomic mass is 16.5. The molecular weight excluding hydrogens is 280 g/mol. The third-order valence-corrected chi connectivity index (χ3v) is 4.54. The number of benzene rings is 1. The number of nitrogens with one attached hydrogen (secondary N) is 1. The van der Waals surface area contributed by atoms with Crippen LogP contribution in [0.1, 0.15) is 32.3 Å². The highest BCUT2D eigenvalue weighted by Gasteiger charge is 2.39. The van der Waals surface area contributed by atoms with E-state index in [0.717, 1.165) is 30.6 Å². The maximum Gasteiger partial charge on any atom is 0.318 e. The Labute approximate surface area is 131 Å². The molecule has 5 heteroatoms. The molecule has 22 heavy (non-hydrogen) atoms. The Kier molecular flexibility index (Phi) is 4.00. The molecule has 2 heterocycles. The molecule has 5 nitrogen and oxygen atoms in total. The predicted molar refractivity (Wildman–Crippen MR) is 84.0 cm³/mol. The van der Waals surface area contributed by atoms with Crippen molar-refractivity contribution in [2.45, 2.75) is 50.8 Å². The first-order chi connectivity index (χ1) is 10.4. The van der Waals surface area contributed by atoms with Gasteiger partial charge in [-0.1, -0.05) is 18.2 Å². The summed E-state index contributed by atoms with van der Waals surface area (Å²) in [5.41, 5.74) is 0.253. The monoisotopic (exact) mass is 304 g/mol. The SMILES string of the molecule is CC(C)(O)[C@H]1CCCN1C(=O)N[C@H]1COc2ccccc2C1. The standard InChI is InChI=1S/C17H24N2O3/c1-17(2,21)15-8-5-9-19(15)16(20)18-13-10-12-6-3-4-7-14(12)22-11-13/h3-4,6-7,13,15,21H,5,8-11H2,1-2H3,(H,18,20)/t13-,15-/m1/s1. The molecule has 0 saturated carbocycles. The first kappa shape index (κ1) is 15.2. The number of nitrogens with zero attached hydrogens (tertiary/aromatic N) is 1. The molecule has 2 amide bonds. The number of urea groups is 1. The minimum Gasteiger partial charge on any atom is -0.491 e. The predicted octanol–water partition coefficient (Wildman–Crippen LogP) is 1.93. The third-order valence-electron chi connectivity index (χ3n) is 4.54. The molecule has 1 saturated heterocycles. The van der Waals surface area contributed by atoms with Crippen molar-refractivity contribution in [2.24, 2.45) is 0 Å². The Balaban J connectivity index is 1.63. The zero-order valence-corrected chi connectivity index (χ0v) is 13.2. The summed E-state index contributed by atoms with van der Waals surface area (Å²) in [6, 6.07) is 7.68. The van der Waals surface area contributed by atoms with Crippen molar-refractivity contribution in [2.75, 3.05) is 13.2 Å². The number of carbonyl (C=O) groups is 1. The number of ether oxygens (including phenoxy) is 1. The molecule has 0 bridgehead atoms. The number of carbonyl (C=O) groups excluding carboxylic acids is 1. The maximum absolute atomic E-state index is 12.5. The van der Waals surface area contributed by atoms with E-state index in [2.05, 4.69) is 5.32 Å². The molecule has 1 fully saturated rings. The van der Waals surface area contributed by atoms with E-state index in [1.54, 1.807) is 18.7 Å². The van der Waals surface area contributed by atoms with Crippen LogP contribution in [0.5, 0.6) is 5.75 Å². The molecule has 0 spiro atoms. The van der Waals surface area contributed by atoms with E-state index < -0.39 is 5.60 Å². The van der Waals surface area contributed by atoms with Gasteiger partial charge in [0.05, 0.1) is 17.7 Å². The largest absolute Gasteiger partial charge is 0.491 e. The van der Waals surface area contributed by atoms with Crippen LogP contribution in [0.2, 0.25) is 0 Å². The summed E-state index contributed by atoms with van der Waals surface area (Å²) in [4.78, 5) is 14.3. The fraction of sp³-hybridized carbons (Fsp3) is 0.588. The van der Waals surface area contributed by atoms with Crippen molar-refractivity contribution < 1.29 is 14.6 Å². The van der Waals surface area contributed by atoms with Crippen molar-refractivity contribution in [1.82, 2.24) is 10.2 Å². The van der Waals surface area contributed by atoms with Gasteiger partial charge in [-0.3, -0.25) is 0 Å². The van der Waals surface area contributed by atoms with Gasteiger partial charge < -0.3 is 20.1 Å². The number of para-hydroxylation sites is 1. The molecule has 1 aromatic rings. The van der Waals surface area contributed by atoms with Crippen LogP contribution in [-0.2, 0) is 6.42 Å². The van der Waals surface area contributed by atoms with Crippen LogP contribution in [0.25, 0.3) is 0 Å². The van der Waals surface area contributed by atoms with Crippen LogP contribution in [0.3, 0.4) is 0 Å². The van der Waals surface area contributed by atoms with Crippen LogP contribution >= 0.6 is 0 Å². The summed E-state index contributed by atoms with van der Waals surface area (Å²) < 4.78 is 5.71. The van der Waals surface area contributed by atoms with E-state index >= 15 is 0 Å². The number of fused-ring (bicyclic) bond motifs is 1. The summed E-state index contributed by atoms with van der Waals surface area (Å²) in [5, 5.41) is 13.3. The normalized spacial score (nSPS) is 24.6. The van der Waals surface area contributed by atoms with Gasteiger partial charge in [0.15, 0.2) is 0 Å². The van der Waals surface area contributed by atoms with Gasteiger partial charge in [-0.15, -0.1) is 0 Å². The number of hydrogen-bond donors (Lipinski definition) is 2. The van der Waals surface area contributed by atoms with Gasteiger partial charge in [-0.05, 0) is 44.7 Å². The summed E-state index contributed by atoms with van der Waals surface area (Å²) in [6.45, 7) is 4.72. The van der Waals surface area contributed by atoms with Crippen LogP contribution in [0, 0.1) is 0 Å². The Bertz CT molecular complexity index is 553. The van der Waals surface area contributed by atoms with Gasteiger partial charge in [-0.2, -0.15) is 0 Å². The van der Waals surface area contributed by atoms with Gasteiger partial charge in [0.2, 0.25) is 0 Å². The molecule has 0 aromatic heterocycles. The molecule has 2 N–H and O–H groups in total. The van der Waals surface area contributed by atoms with Gasteiger partial charge in [-0.25, -0.2) is 4.79 Å². The summed E-state index contributed by atoms with van der Waals surface area (Å²) >= 11 is 0. The number of aliphatic hydroxyl groups is 1. The van der Waals surface area contributed by atoms with Gasteiger partial charge in [0.1, 0.15) is 12.4 Å². The number of amides is 2. The zero-order valence-electron chi connectivity index (χ0n) is 13.2. The van der Waals surface area contributed by atoms with Crippen molar-refractivity contribution in [3.05, 3.63) is 29.8 Å². The molecule has 0 unspecified atom stereocenters. The Morgan fingerprint density at radius 1 is 1.41 bits per heavy atom. The molecule has 120 valence electrons. The Morgan fingerprint density at radius 3 is 2.95 bits per heavy atom. The topological polar surface area (TPSA) is 61.8 Å². The Hall–Kier alpha value is -1.75. The third kappa shape index (κ3) is 3.04. The first-order valence-corrected chi connectivity index (χ1v) is 7.95. The van der Waals surface area contributed by atoms with Crippen molar-refractivity contribution >= 4 is 6.03 Å². The average molecular weight is 304 g/mol. The molecule has 2 aliphatic rings. The second-order valence-electron chi connectivity index (χ2n) is 6.77. The summed E-state index contributed by atoms with van der Waals surface area (Å²) in [7, 11) is 0. The van der Waals surface area contributed by atoms with Crippen LogP contribution in [-0.4, -0.2) is 46.9 Å². The van der Waals surface area contributed by atoms with Crippen molar-refractivity contribution in [1.29, 1.82) is 0 Å². The molecule has 2 aliphatic heterocycles. The molecule has 0 aliphatic carbocycles. The maximum atomic E-state index is 12.5. The second-order valence-corrected chi connectivity index (χ2v) is 6.77. The number of likely N-dealkylation sites (tertiary alicyclic amines) is 1. The van der Waals surface area contributed by atoms with Crippen molar-refractivity contribution in [3.63, 3.8) is 0 Å². The number of hydrogen-bond acceptors (Lipinski definition) is 3. The first-order valence-electron chi connectivity index (χ1n) is 7.95. The average Bonchev–Trinajstić information content (AvgIpc) is 2.97. The highest BCUT2D eigenvalue weighted by molar-refractivity contribution is 5.75. The van der Waals surface area contributed by atoms with Crippen LogP contribution in [0.4, 0.5) is 4.79 Å². The zero-order chi connectivity index (χ0) is 15.7. The van der Waals surface area contributed by atoms with E-state index in [0.29, 0.717) is 13.2 Å². The highest BCUT2D eigenvalue weighted by Crippen LogP contribution is 2.27. The van der Waals surface area contributed by atoms with E-state index in [9.17, 15) is 9.90 Å². The van der Waals surface area contributed by atoms with Gasteiger partial charge in [0, 0.05) is 6.54 Å². The van der Waals surface area contributed by atoms with E-state index in [1.807, 2.05) is 24.3 Å². The lowest BCUT2D eigenvalue weighted by Gasteiger charge is -2.35. The Morgan fingerprint density at radius 2 is 2.18 bits per heavy atom. The molecule has 2 atom stereocenters. The van der Waals surface area contributed by atoms with Gasteiger partial charge >= 0.3 is 6.03 Å². The van der Waals surface area contributed by atoms with E-state index in [1.165, 1.54) is 0 Å². The van der Waals surface area contributed by atoms with Crippen LogP contribution < -0.4 is 10.1 Å².